The lowest BCUT2D eigenvalue weighted by Crippen LogP contribution is -2.06. The molecule has 2 aromatic carbocycles. The fourth-order valence-corrected chi connectivity index (χ4v) is 2.60. The summed E-state index contributed by atoms with van der Waals surface area (Å²) in [6, 6.07) is 12.3. The molecule has 0 unspecified atom stereocenters. The van der Waals surface area contributed by atoms with Gasteiger partial charge in [-0.15, -0.1) is 0 Å². The number of hydrogen-bond acceptors (Lipinski definition) is 2. The fraction of sp³-hybridized carbons (Fsp3) is 0.0625. The summed E-state index contributed by atoms with van der Waals surface area (Å²) in [7, 11) is 0. The second kappa shape index (κ2) is 7.12. The van der Waals surface area contributed by atoms with Crippen molar-refractivity contribution in [3.05, 3.63) is 74.8 Å². The molecule has 2 aromatic rings. The van der Waals surface area contributed by atoms with Crippen LogP contribution in [0.1, 0.15) is 16.8 Å². The highest BCUT2D eigenvalue weighted by Crippen LogP contribution is 2.24. The monoisotopic (exact) mass is 383 g/mol. The molecule has 0 heterocycles. The summed E-state index contributed by atoms with van der Waals surface area (Å²) in [5.74, 6) is -0.00637. The number of benzene rings is 2. The predicted molar refractivity (Wildman–Crippen MR) is 92.3 cm³/mol. The third kappa shape index (κ3) is 4.88. The van der Waals surface area contributed by atoms with E-state index in [-0.39, 0.29) is 12.2 Å². The highest BCUT2D eigenvalue weighted by molar-refractivity contribution is 9.10. The van der Waals surface area contributed by atoms with Gasteiger partial charge in [-0.05, 0) is 30.3 Å². The molecule has 0 saturated heterocycles. The maximum atomic E-state index is 12.1. The molecule has 0 amide bonds. The van der Waals surface area contributed by atoms with Crippen molar-refractivity contribution in [1.82, 2.24) is 0 Å². The number of carbonyl (C=O) groups is 1. The van der Waals surface area contributed by atoms with E-state index in [1.807, 2.05) is 12.1 Å². The van der Waals surface area contributed by atoms with Crippen LogP contribution in [0.15, 0.2) is 59.2 Å². The Hall–Kier alpha value is -1.29. The van der Waals surface area contributed by atoms with Crippen molar-refractivity contribution in [2.24, 2.45) is 0 Å². The first-order valence-corrected chi connectivity index (χ1v) is 7.68. The van der Waals surface area contributed by atoms with Crippen LogP contribution >= 0.6 is 39.1 Å². The fourth-order valence-electron chi connectivity index (χ4n) is 1.81. The maximum Gasteiger partial charge on any atom is 0.168 e. The molecule has 5 heteroatoms. The van der Waals surface area contributed by atoms with Gasteiger partial charge in [0, 0.05) is 31.5 Å². The van der Waals surface area contributed by atoms with Gasteiger partial charge in [-0.1, -0.05) is 57.8 Å². The molecule has 2 rings (SSSR count). The number of rotatable bonds is 5. The quantitative estimate of drug-likeness (QED) is 0.644. The van der Waals surface area contributed by atoms with Crippen LogP contribution in [0.3, 0.4) is 0 Å². The van der Waals surface area contributed by atoms with Gasteiger partial charge in [-0.25, -0.2) is 0 Å². The molecule has 0 radical (unpaired) electrons. The van der Waals surface area contributed by atoms with Crippen LogP contribution < -0.4 is 5.32 Å². The standard InChI is InChI=1S/C16H12BrCl2NO/c1-10(20-15-8-13(18)7-14(19)9-15)6-16(21)11-2-4-12(17)5-3-11/h2-5,7-9,20H,1,6H2. The minimum atomic E-state index is -0.00637. The molecule has 0 aliphatic carbocycles. The van der Waals surface area contributed by atoms with Gasteiger partial charge in [0.2, 0.25) is 0 Å². The van der Waals surface area contributed by atoms with Crippen LogP contribution in [0.4, 0.5) is 5.69 Å². The SMILES string of the molecule is C=C(CC(=O)c1ccc(Br)cc1)Nc1cc(Cl)cc(Cl)c1. The van der Waals surface area contributed by atoms with E-state index in [9.17, 15) is 4.79 Å². The molecule has 0 aromatic heterocycles. The number of allylic oxidation sites excluding steroid dienone is 1. The molecule has 0 aliphatic heterocycles. The third-order valence-electron chi connectivity index (χ3n) is 2.72. The van der Waals surface area contributed by atoms with Gasteiger partial charge in [-0.2, -0.15) is 0 Å². The first kappa shape index (κ1) is 16.1. The summed E-state index contributed by atoms with van der Waals surface area (Å²) in [4.78, 5) is 12.1. The second-order valence-corrected chi connectivity index (χ2v) is 6.28. The highest BCUT2D eigenvalue weighted by atomic mass is 79.9. The Labute approximate surface area is 141 Å². The molecular formula is C16H12BrCl2NO. The Morgan fingerprint density at radius 3 is 2.24 bits per heavy atom. The molecule has 0 fully saturated rings. The van der Waals surface area contributed by atoms with E-state index in [1.165, 1.54) is 0 Å². The Balaban J connectivity index is 2.01. The third-order valence-corrected chi connectivity index (χ3v) is 3.69. The van der Waals surface area contributed by atoms with Crippen molar-refractivity contribution >= 4 is 50.6 Å². The van der Waals surface area contributed by atoms with E-state index < -0.39 is 0 Å². The summed E-state index contributed by atoms with van der Waals surface area (Å²) < 4.78 is 0.935. The Kier molecular flexibility index (Phi) is 5.45. The number of hydrogen-bond donors (Lipinski definition) is 1. The Bertz CT molecular complexity index is 663. The highest BCUT2D eigenvalue weighted by Gasteiger charge is 2.08. The van der Waals surface area contributed by atoms with Crippen LogP contribution in [-0.2, 0) is 0 Å². The van der Waals surface area contributed by atoms with E-state index in [4.69, 9.17) is 23.2 Å². The minimum absolute atomic E-state index is 0.00637. The smallest absolute Gasteiger partial charge is 0.168 e. The Morgan fingerprint density at radius 2 is 1.67 bits per heavy atom. The molecule has 0 aliphatic rings. The lowest BCUT2D eigenvalue weighted by atomic mass is 10.1. The normalized spacial score (nSPS) is 10.2. The lowest BCUT2D eigenvalue weighted by molar-refractivity contribution is 0.0993. The summed E-state index contributed by atoms with van der Waals surface area (Å²) in [6.07, 6.45) is 0.200. The van der Waals surface area contributed by atoms with Gasteiger partial charge in [0.05, 0.1) is 6.42 Å². The number of anilines is 1. The molecule has 0 spiro atoms. The topological polar surface area (TPSA) is 29.1 Å². The molecule has 108 valence electrons. The van der Waals surface area contributed by atoms with Crippen LogP contribution in [0.25, 0.3) is 0 Å². The lowest BCUT2D eigenvalue weighted by Gasteiger charge is -2.10. The van der Waals surface area contributed by atoms with Crippen molar-refractivity contribution in [1.29, 1.82) is 0 Å². The maximum absolute atomic E-state index is 12.1. The predicted octanol–water partition coefficient (Wildman–Crippen LogP) is 5.95. The largest absolute Gasteiger partial charge is 0.359 e. The summed E-state index contributed by atoms with van der Waals surface area (Å²) in [6.45, 7) is 3.86. The number of ketones is 1. The van der Waals surface area contributed by atoms with Gasteiger partial charge < -0.3 is 5.32 Å². The molecular weight excluding hydrogens is 373 g/mol. The molecule has 0 saturated carbocycles. The van der Waals surface area contributed by atoms with E-state index in [0.29, 0.717) is 27.0 Å². The zero-order chi connectivity index (χ0) is 15.4. The van der Waals surface area contributed by atoms with Crippen molar-refractivity contribution in [3.8, 4) is 0 Å². The number of Topliss-reactive ketones (excluding diaryl/α,β-unsaturated/α-hetero) is 1. The van der Waals surface area contributed by atoms with E-state index in [1.54, 1.807) is 30.3 Å². The van der Waals surface area contributed by atoms with Crippen LogP contribution in [0, 0.1) is 0 Å². The van der Waals surface area contributed by atoms with Gasteiger partial charge in [-0.3, -0.25) is 4.79 Å². The Morgan fingerprint density at radius 1 is 1.10 bits per heavy atom. The average Bonchev–Trinajstić information content (AvgIpc) is 2.37. The van der Waals surface area contributed by atoms with Crippen LogP contribution in [-0.4, -0.2) is 5.78 Å². The molecule has 0 bridgehead atoms. The second-order valence-electron chi connectivity index (χ2n) is 4.49. The van der Waals surface area contributed by atoms with Gasteiger partial charge in [0.15, 0.2) is 5.78 Å². The van der Waals surface area contributed by atoms with Crippen molar-refractivity contribution in [3.63, 3.8) is 0 Å². The van der Waals surface area contributed by atoms with Crippen molar-refractivity contribution < 1.29 is 4.79 Å². The van der Waals surface area contributed by atoms with Crippen molar-refractivity contribution in [2.45, 2.75) is 6.42 Å². The minimum Gasteiger partial charge on any atom is -0.359 e. The first-order valence-electron chi connectivity index (χ1n) is 6.14. The first-order chi connectivity index (χ1) is 9.94. The van der Waals surface area contributed by atoms with Gasteiger partial charge in [0.1, 0.15) is 0 Å². The molecule has 0 atom stereocenters. The van der Waals surface area contributed by atoms with E-state index in [2.05, 4.69) is 27.8 Å². The van der Waals surface area contributed by atoms with Crippen LogP contribution in [0.2, 0.25) is 10.0 Å². The molecule has 21 heavy (non-hydrogen) atoms. The van der Waals surface area contributed by atoms with Gasteiger partial charge >= 0.3 is 0 Å². The van der Waals surface area contributed by atoms with E-state index >= 15 is 0 Å². The van der Waals surface area contributed by atoms with Gasteiger partial charge in [0.25, 0.3) is 0 Å². The van der Waals surface area contributed by atoms with Crippen molar-refractivity contribution in [2.75, 3.05) is 5.32 Å². The molecule has 2 nitrogen and oxygen atoms in total. The number of carbonyl (C=O) groups excluding carboxylic acids is 1. The average molecular weight is 385 g/mol. The van der Waals surface area contributed by atoms with Crippen LogP contribution in [0.5, 0.6) is 0 Å². The molecule has 1 N–H and O–H groups in total. The summed E-state index contributed by atoms with van der Waals surface area (Å²) >= 11 is 15.2. The zero-order valence-electron chi connectivity index (χ0n) is 11.0. The summed E-state index contributed by atoms with van der Waals surface area (Å²) in [5, 5.41) is 4.09. The summed E-state index contributed by atoms with van der Waals surface area (Å²) in [5.41, 5.74) is 1.94. The van der Waals surface area contributed by atoms with E-state index in [0.717, 1.165) is 4.47 Å². The zero-order valence-corrected chi connectivity index (χ0v) is 14.1. The number of halogens is 3. The number of nitrogens with one attached hydrogen (secondary N) is 1.